The van der Waals surface area contributed by atoms with Gasteiger partial charge >= 0.3 is 0 Å². The summed E-state index contributed by atoms with van der Waals surface area (Å²) in [5.74, 6) is 10.1. The van der Waals surface area contributed by atoms with E-state index in [9.17, 15) is 9.18 Å². The third-order valence-corrected chi connectivity index (χ3v) is 5.82. The minimum Gasteiger partial charge on any atom is -0.384 e. The molecule has 8 heteroatoms. The number of halogens is 1. The number of carbonyl (C=O) groups is 1. The number of alkyl halides is 1. The number of aromatic amines is 1. The number of aliphatic hydroxyl groups is 1. The third kappa shape index (κ3) is 4.65. The van der Waals surface area contributed by atoms with Gasteiger partial charge in [-0.05, 0) is 48.4 Å². The number of nitrogens with zero attached hydrogens (tertiary/aromatic N) is 3. The molecule has 0 saturated carbocycles. The monoisotopic (exact) mass is 467 g/mol. The molecular formula is C27H22FN5O2. The first-order valence-corrected chi connectivity index (χ1v) is 11.2. The van der Waals surface area contributed by atoms with Crippen LogP contribution in [0, 0.1) is 30.6 Å². The number of hydrogen-bond acceptors (Lipinski definition) is 4. The van der Waals surface area contributed by atoms with Gasteiger partial charge in [0, 0.05) is 34.6 Å². The molecule has 0 aliphatic carbocycles. The number of H-pyrrole nitrogens is 1. The van der Waals surface area contributed by atoms with Crippen LogP contribution in [0.1, 0.15) is 44.9 Å². The number of aryl methyl sites for hydroxylation is 1. The van der Waals surface area contributed by atoms with Crippen LogP contribution in [0.4, 0.5) is 4.39 Å². The molecule has 7 nitrogen and oxygen atoms in total. The van der Waals surface area contributed by atoms with Crippen molar-refractivity contribution in [3.05, 3.63) is 82.8 Å². The molecule has 174 valence electrons. The third-order valence-electron chi connectivity index (χ3n) is 5.82. The van der Waals surface area contributed by atoms with Crippen LogP contribution in [-0.2, 0) is 13.0 Å². The SMILES string of the molecule is Cc1cc(C#CC#CCO)cc(C(=O)NC(c2cc3ccccc3[nH]2)c2ncn3c2C[C@@H](F)C3)n1. The van der Waals surface area contributed by atoms with Gasteiger partial charge in [0.25, 0.3) is 5.91 Å². The summed E-state index contributed by atoms with van der Waals surface area (Å²) < 4.78 is 15.9. The number of rotatable bonds is 4. The molecule has 2 atom stereocenters. The average molecular weight is 468 g/mol. The highest BCUT2D eigenvalue weighted by molar-refractivity contribution is 5.93. The number of imidazole rings is 1. The average Bonchev–Trinajstić information content (AvgIpc) is 3.53. The van der Waals surface area contributed by atoms with E-state index in [2.05, 4.69) is 44.0 Å². The summed E-state index contributed by atoms with van der Waals surface area (Å²) >= 11 is 0. The first kappa shape index (κ1) is 22.4. The predicted molar refractivity (Wildman–Crippen MR) is 129 cm³/mol. The van der Waals surface area contributed by atoms with Gasteiger partial charge in [0.05, 0.1) is 18.6 Å². The molecule has 1 aliphatic rings. The summed E-state index contributed by atoms with van der Waals surface area (Å²) in [6.07, 6.45) is 0.899. The smallest absolute Gasteiger partial charge is 0.270 e. The molecule has 5 rings (SSSR count). The molecule has 0 spiro atoms. The van der Waals surface area contributed by atoms with Crippen molar-refractivity contribution in [3.8, 4) is 23.7 Å². The van der Waals surface area contributed by atoms with E-state index in [0.29, 0.717) is 17.0 Å². The standard InChI is InChI=1S/C27H22FN5O2/c1-17-11-18(7-3-2-6-10-34)12-23(30-17)27(35)32-25(22-13-19-8-4-5-9-21(19)31-22)26-24-14-20(28)15-33(24)16-29-26/h4-5,8-9,11-13,16,20,25,31,34H,10,14-15H2,1H3,(H,32,35)/t20-,25?/m1/s1. The van der Waals surface area contributed by atoms with E-state index in [0.717, 1.165) is 22.3 Å². The Morgan fingerprint density at radius 2 is 2.17 bits per heavy atom. The van der Waals surface area contributed by atoms with Crippen molar-refractivity contribution in [1.29, 1.82) is 0 Å². The number of aliphatic hydroxyl groups excluding tert-OH is 1. The van der Waals surface area contributed by atoms with Gasteiger partial charge in [0.2, 0.25) is 0 Å². The highest BCUT2D eigenvalue weighted by Gasteiger charge is 2.31. The van der Waals surface area contributed by atoms with Crippen molar-refractivity contribution < 1.29 is 14.3 Å². The molecule has 1 aliphatic heterocycles. The number of nitrogens with one attached hydrogen (secondary N) is 2. The van der Waals surface area contributed by atoms with Crippen LogP contribution in [-0.4, -0.2) is 43.3 Å². The lowest BCUT2D eigenvalue weighted by Gasteiger charge is -2.17. The number of pyridine rings is 1. The minimum atomic E-state index is -0.973. The highest BCUT2D eigenvalue weighted by atomic mass is 19.1. The van der Waals surface area contributed by atoms with Crippen LogP contribution < -0.4 is 5.32 Å². The van der Waals surface area contributed by atoms with Crippen LogP contribution in [0.25, 0.3) is 10.9 Å². The largest absolute Gasteiger partial charge is 0.384 e. The van der Waals surface area contributed by atoms with E-state index in [1.165, 1.54) is 0 Å². The maximum atomic E-state index is 14.1. The van der Waals surface area contributed by atoms with Gasteiger partial charge in [0.15, 0.2) is 0 Å². The number of aromatic nitrogens is 4. The first-order valence-electron chi connectivity index (χ1n) is 11.2. The Balaban J connectivity index is 1.51. The Hall–Kier alpha value is -4.40. The van der Waals surface area contributed by atoms with Crippen LogP contribution in [0.15, 0.2) is 48.8 Å². The molecule has 1 amide bonds. The van der Waals surface area contributed by atoms with Gasteiger partial charge in [-0.2, -0.15) is 0 Å². The van der Waals surface area contributed by atoms with E-state index in [1.54, 1.807) is 30.0 Å². The Labute approximate surface area is 201 Å². The second-order valence-electron chi connectivity index (χ2n) is 8.34. The zero-order chi connectivity index (χ0) is 24.4. The van der Waals surface area contributed by atoms with Crippen molar-refractivity contribution in [1.82, 2.24) is 24.8 Å². The van der Waals surface area contributed by atoms with Crippen molar-refractivity contribution in [2.45, 2.75) is 32.1 Å². The summed E-state index contributed by atoms with van der Waals surface area (Å²) in [7, 11) is 0. The molecule has 0 radical (unpaired) electrons. The number of benzene rings is 1. The molecule has 0 bridgehead atoms. The Morgan fingerprint density at radius 3 is 3.00 bits per heavy atom. The quantitative estimate of drug-likeness (QED) is 0.402. The van der Waals surface area contributed by atoms with E-state index in [-0.39, 0.29) is 25.3 Å². The van der Waals surface area contributed by atoms with Gasteiger partial charge in [0.1, 0.15) is 24.5 Å². The molecule has 3 aromatic heterocycles. The van der Waals surface area contributed by atoms with E-state index >= 15 is 0 Å². The number of carbonyl (C=O) groups excluding carboxylic acids is 1. The normalized spacial score (nSPS) is 15.0. The number of amides is 1. The van der Waals surface area contributed by atoms with Gasteiger partial charge in [-0.25, -0.2) is 14.4 Å². The van der Waals surface area contributed by atoms with Crippen molar-refractivity contribution in [2.24, 2.45) is 0 Å². The van der Waals surface area contributed by atoms with Crippen molar-refractivity contribution >= 4 is 16.8 Å². The summed E-state index contributed by atoms with van der Waals surface area (Å²) in [6, 6.07) is 12.5. The molecule has 3 N–H and O–H groups in total. The maximum absolute atomic E-state index is 14.1. The summed E-state index contributed by atoms with van der Waals surface area (Å²) in [4.78, 5) is 25.7. The zero-order valence-corrected chi connectivity index (χ0v) is 19.0. The van der Waals surface area contributed by atoms with Crippen molar-refractivity contribution in [2.75, 3.05) is 6.61 Å². The first-order chi connectivity index (χ1) is 17.0. The zero-order valence-electron chi connectivity index (χ0n) is 19.0. The van der Waals surface area contributed by atoms with Crippen LogP contribution >= 0.6 is 0 Å². The fraction of sp³-hybridized carbons (Fsp3) is 0.222. The molecule has 0 saturated heterocycles. The number of para-hydroxylation sites is 1. The van der Waals surface area contributed by atoms with E-state index in [4.69, 9.17) is 5.11 Å². The molecule has 1 aromatic carbocycles. The van der Waals surface area contributed by atoms with Crippen LogP contribution in [0.5, 0.6) is 0 Å². The Morgan fingerprint density at radius 1 is 1.31 bits per heavy atom. The van der Waals surface area contributed by atoms with Gasteiger partial charge < -0.3 is 20.0 Å². The molecule has 35 heavy (non-hydrogen) atoms. The van der Waals surface area contributed by atoms with E-state index < -0.39 is 18.1 Å². The fourth-order valence-corrected chi connectivity index (χ4v) is 4.33. The van der Waals surface area contributed by atoms with Gasteiger partial charge in [-0.15, -0.1) is 0 Å². The van der Waals surface area contributed by atoms with Crippen LogP contribution in [0.2, 0.25) is 0 Å². The predicted octanol–water partition coefficient (Wildman–Crippen LogP) is 2.83. The summed E-state index contributed by atoms with van der Waals surface area (Å²) in [5.41, 5.74) is 4.46. The van der Waals surface area contributed by atoms with Crippen molar-refractivity contribution in [3.63, 3.8) is 0 Å². The van der Waals surface area contributed by atoms with Gasteiger partial charge in [-0.1, -0.05) is 30.0 Å². The topological polar surface area (TPSA) is 95.8 Å². The lowest BCUT2D eigenvalue weighted by molar-refractivity contribution is 0.0936. The molecule has 1 unspecified atom stereocenters. The summed E-state index contributed by atoms with van der Waals surface area (Å²) in [6.45, 7) is 1.77. The lowest BCUT2D eigenvalue weighted by Crippen LogP contribution is -2.31. The van der Waals surface area contributed by atoms with E-state index in [1.807, 2.05) is 30.3 Å². The second kappa shape index (κ2) is 9.46. The Bertz CT molecular complexity index is 1510. The second-order valence-corrected chi connectivity index (χ2v) is 8.34. The van der Waals surface area contributed by atoms with Gasteiger partial charge in [-0.3, -0.25) is 4.79 Å². The fourth-order valence-electron chi connectivity index (χ4n) is 4.33. The molecule has 0 fully saturated rings. The Kier molecular flexibility index (Phi) is 6.05. The number of fused-ring (bicyclic) bond motifs is 2. The maximum Gasteiger partial charge on any atom is 0.270 e. The summed E-state index contributed by atoms with van der Waals surface area (Å²) in [5, 5.41) is 12.8. The lowest BCUT2D eigenvalue weighted by atomic mass is 10.1. The molecule has 4 heterocycles. The highest BCUT2D eigenvalue weighted by Crippen LogP contribution is 2.30. The molecule has 4 aromatic rings. The number of hydrogen-bond donors (Lipinski definition) is 3. The minimum absolute atomic E-state index is 0.199. The van der Waals surface area contributed by atoms with Crippen LogP contribution in [0.3, 0.4) is 0 Å². The molecular weight excluding hydrogens is 445 g/mol.